The van der Waals surface area contributed by atoms with Crippen molar-refractivity contribution >= 4 is 23.4 Å². The van der Waals surface area contributed by atoms with E-state index in [1.165, 1.54) is 11.8 Å². The van der Waals surface area contributed by atoms with E-state index in [0.717, 1.165) is 29.0 Å². The summed E-state index contributed by atoms with van der Waals surface area (Å²) >= 11 is 1.36. The summed E-state index contributed by atoms with van der Waals surface area (Å²) < 4.78 is 7.87. The van der Waals surface area contributed by atoms with Crippen molar-refractivity contribution in [1.29, 1.82) is 0 Å². The number of nitrogens with one attached hydrogen (secondary N) is 1. The highest BCUT2D eigenvalue weighted by Crippen LogP contribution is 2.24. The van der Waals surface area contributed by atoms with Crippen LogP contribution in [-0.2, 0) is 18.3 Å². The maximum absolute atomic E-state index is 12.4. The highest BCUT2D eigenvalue weighted by atomic mass is 32.2. The number of anilines is 1. The standard InChI is InChI=1S/C22H26N4O2S/c1-5-17-10-6-7-12-19(17)23-20(27)14-29-22-25-24-21(26(22)4)16(3)28-18-11-8-9-15(2)13-18/h6-13,16H,5,14H2,1-4H3,(H,23,27). The van der Waals surface area contributed by atoms with Gasteiger partial charge in [0.05, 0.1) is 5.75 Å². The summed E-state index contributed by atoms with van der Waals surface area (Å²) in [6.07, 6.45) is 0.614. The number of para-hydroxylation sites is 1. The second-order valence-corrected chi connectivity index (χ2v) is 7.77. The second kappa shape index (κ2) is 9.60. The summed E-state index contributed by atoms with van der Waals surface area (Å²) in [5, 5.41) is 12.1. The first-order valence-corrected chi connectivity index (χ1v) is 10.6. The molecular weight excluding hydrogens is 384 g/mol. The highest BCUT2D eigenvalue weighted by Gasteiger charge is 2.18. The van der Waals surface area contributed by atoms with E-state index in [0.29, 0.717) is 11.0 Å². The van der Waals surface area contributed by atoms with Gasteiger partial charge in [-0.05, 0) is 49.6 Å². The molecule has 3 rings (SSSR count). The Morgan fingerprint density at radius 1 is 1.21 bits per heavy atom. The van der Waals surface area contributed by atoms with Gasteiger partial charge in [-0.1, -0.05) is 49.0 Å². The van der Waals surface area contributed by atoms with Gasteiger partial charge in [0.2, 0.25) is 5.91 Å². The van der Waals surface area contributed by atoms with Crippen molar-refractivity contribution in [3.05, 3.63) is 65.5 Å². The number of rotatable bonds is 8. The zero-order valence-corrected chi connectivity index (χ0v) is 18.0. The van der Waals surface area contributed by atoms with E-state index in [1.807, 2.05) is 74.0 Å². The summed E-state index contributed by atoms with van der Waals surface area (Å²) in [6, 6.07) is 15.7. The predicted octanol–water partition coefficient (Wildman–Crippen LogP) is 4.56. The number of carbonyl (C=O) groups is 1. The van der Waals surface area contributed by atoms with Gasteiger partial charge in [-0.2, -0.15) is 0 Å². The fraction of sp³-hybridized carbons (Fsp3) is 0.318. The largest absolute Gasteiger partial charge is 0.483 e. The molecule has 0 aliphatic carbocycles. The number of hydrogen-bond acceptors (Lipinski definition) is 5. The van der Waals surface area contributed by atoms with Crippen molar-refractivity contribution in [2.45, 2.75) is 38.5 Å². The third-order valence-electron chi connectivity index (χ3n) is 4.54. The SMILES string of the molecule is CCc1ccccc1NC(=O)CSc1nnc(C(C)Oc2cccc(C)c2)n1C. The van der Waals surface area contributed by atoms with E-state index in [2.05, 4.69) is 22.4 Å². The molecule has 0 aliphatic heterocycles. The number of benzene rings is 2. The number of aryl methyl sites for hydroxylation is 2. The molecule has 1 N–H and O–H groups in total. The lowest BCUT2D eigenvalue weighted by Crippen LogP contribution is -2.16. The van der Waals surface area contributed by atoms with E-state index in [4.69, 9.17) is 4.74 Å². The molecule has 1 unspecified atom stereocenters. The summed E-state index contributed by atoms with van der Waals surface area (Å²) in [5.74, 6) is 1.70. The van der Waals surface area contributed by atoms with Crippen LogP contribution in [-0.4, -0.2) is 26.4 Å². The Morgan fingerprint density at radius 3 is 2.76 bits per heavy atom. The van der Waals surface area contributed by atoms with Gasteiger partial charge in [0, 0.05) is 12.7 Å². The number of aromatic nitrogens is 3. The topological polar surface area (TPSA) is 69.0 Å². The first kappa shape index (κ1) is 20.9. The fourth-order valence-corrected chi connectivity index (χ4v) is 3.74. The molecular formula is C22H26N4O2S. The van der Waals surface area contributed by atoms with E-state index in [9.17, 15) is 4.79 Å². The van der Waals surface area contributed by atoms with Crippen LogP contribution in [0.3, 0.4) is 0 Å². The van der Waals surface area contributed by atoms with E-state index in [-0.39, 0.29) is 17.8 Å². The van der Waals surface area contributed by atoms with Gasteiger partial charge in [-0.3, -0.25) is 4.79 Å². The summed E-state index contributed by atoms with van der Waals surface area (Å²) in [6.45, 7) is 6.04. The highest BCUT2D eigenvalue weighted by molar-refractivity contribution is 7.99. The van der Waals surface area contributed by atoms with Crippen molar-refractivity contribution in [3.63, 3.8) is 0 Å². The Bertz CT molecular complexity index is 986. The van der Waals surface area contributed by atoms with Crippen molar-refractivity contribution in [1.82, 2.24) is 14.8 Å². The van der Waals surface area contributed by atoms with Crippen LogP contribution in [0.15, 0.2) is 53.7 Å². The smallest absolute Gasteiger partial charge is 0.234 e. The minimum Gasteiger partial charge on any atom is -0.483 e. The Balaban J connectivity index is 1.59. The molecule has 0 aliphatic rings. The van der Waals surface area contributed by atoms with Gasteiger partial charge in [0.25, 0.3) is 0 Å². The molecule has 3 aromatic rings. The molecule has 0 bridgehead atoms. The maximum Gasteiger partial charge on any atom is 0.234 e. The Labute approximate surface area is 175 Å². The molecule has 152 valence electrons. The number of nitrogens with zero attached hydrogens (tertiary/aromatic N) is 3. The normalized spacial score (nSPS) is 11.9. The van der Waals surface area contributed by atoms with Crippen molar-refractivity contribution < 1.29 is 9.53 Å². The molecule has 1 aromatic heterocycles. The van der Waals surface area contributed by atoms with Gasteiger partial charge in [-0.25, -0.2) is 0 Å². The lowest BCUT2D eigenvalue weighted by molar-refractivity contribution is -0.113. The molecule has 6 nitrogen and oxygen atoms in total. The molecule has 0 saturated carbocycles. The number of amides is 1. The second-order valence-electron chi connectivity index (χ2n) is 6.82. The monoisotopic (exact) mass is 410 g/mol. The van der Waals surface area contributed by atoms with Crippen LogP contribution in [0, 0.1) is 6.92 Å². The van der Waals surface area contributed by atoms with Crippen molar-refractivity contribution in [2.75, 3.05) is 11.1 Å². The molecule has 0 radical (unpaired) electrons. The third-order valence-corrected chi connectivity index (χ3v) is 5.56. The minimum absolute atomic E-state index is 0.0653. The molecule has 29 heavy (non-hydrogen) atoms. The fourth-order valence-electron chi connectivity index (χ4n) is 3.02. The zero-order valence-electron chi connectivity index (χ0n) is 17.2. The van der Waals surface area contributed by atoms with Gasteiger partial charge in [-0.15, -0.1) is 10.2 Å². The lowest BCUT2D eigenvalue weighted by Gasteiger charge is -2.14. The Morgan fingerprint density at radius 2 is 2.00 bits per heavy atom. The van der Waals surface area contributed by atoms with Crippen molar-refractivity contribution in [3.8, 4) is 5.75 Å². The number of carbonyl (C=O) groups excluding carboxylic acids is 1. The zero-order chi connectivity index (χ0) is 20.8. The first-order chi connectivity index (χ1) is 14.0. The molecule has 0 spiro atoms. The van der Waals surface area contributed by atoms with Gasteiger partial charge >= 0.3 is 0 Å². The summed E-state index contributed by atoms with van der Waals surface area (Å²) in [4.78, 5) is 12.4. The lowest BCUT2D eigenvalue weighted by atomic mass is 10.1. The van der Waals surface area contributed by atoms with Crippen LogP contribution in [0.2, 0.25) is 0 Å². The van der Waals surface area contributed by atoms with E-state index in [1.54, 1.807) is 0 Å². The van der Waals surface area contributed by atoms with Crippen LogP contribution in [0.25, 0.3) is 0 Å². The average Bonchev–Trinajstić information content (AvgIpc) is 3.07. The molecule has 1 amide bonds. The minimum atomic E-state index is -0.256. The van der Waals surface area contributed by atoms with Crippen LogP contribution in [0.5, 0.6) is 5.75 Å². The Hall–Kier alpha value is -2.80. The number of ether oxygens (including phenoxy) is 1. The molecule has 1 heterocycles. The van der Waals surface area contributed by atoms with Crippen LogP contribution in [0.1, 0.15) is 36.9 Å². The third kappa shape index (κ3) is 5.38. The van der Waals surface area contributed by atoms with Crippen LogP contribution < -0.4 is 10.1 Å². The Kier molecular flexibility index (Phi) is 6.93. The predicted molar refractivity (Wildman–Crippen MR) is 116 cm³/mol. The quantitative estimate of drug-likeness (QED) is 0.552. The first-order valence-electron chi connectivity index (χ1n) is 9.61. The average molecular weight is 411 g/mol. The molecule has 2 aromatic carbocycles. The van der Waals surface area contributed by atoms with Gasteiger partial charge in [0.1, 0.15) is 5.75 Å². The summed E-state index contributed by atoms with van der Waals surface area (Å²) in [5.41, 5.74) is 3.12. The molecule has 0 saturated heterocycles. The van der Waals surface area contributed by atoms with E-state index < -0.39 is 0 Å². The van der Waals surface area contributed by atoms with Gasteiger partial charge < -0.3 is 14.6 Å². The molecule has 1 atom stereocenters. The molecule has 7 heteroatoms. The van der Waals surface area contributed by atoms with Crippen molar-refractivity contribution in [2.24, 2.45) is 7.05 Å². The maximum atomic E-state index is 12.4. The molecule has 0 fully saturated rings. The number of hydrogen-bond donors (Lipinski definition) is 1. The number of thioether (sulfide) groups is 1. The summed E-state index contributed by atoms with van der Waals surface area (Å²) in [7, 11) is 1.89. The van der Waals surface area contributed by atoms with E-state index >= 15 is 0 Å². The van der Waals surface area contributed by atoms with Crippen LogP contribution >= 0.6 is 11.8 Å². The van der Waals surface area contributed by atoms with Crippen LogP contribution in [0.4, 0.5) is 5.69 Å². The van der Waals surface area contributed by atoms with Gasteiger partial charge in [0.15, 0.2) is 17.1 Å².